The smallest absolute Gasteiger partial charge is 0.173 e. The largest absolute Gasteiger partial charge is 0.357 e. The van der Waals surface area contributed by atoms with Crippen molar-refractivity contribution < 1.29 is 22.7 Å². The van der Waals surface area contributed by atoms with Crippen LogP contribution < -0.4 is 10.6 Å². The van der Waals surface area contributed by atoms with Gasteiger partial charge in [0.1, 0.15) is 0 Å². The average molecular weight is 699 g/mol. The molecular formula is C39H34F4N3OP2-. The Balaban J connectivity index is 1.21. The van der Waals surface area contributed by atoms with Crippen LogP contribution in [0.1, 0.15) is 47.2 Å². The first-order valence-corrected chi connectivity index (χ1v) is 20.3. The number of aliphatic hydroxyl groups is 1. The zero-order valence-corrected chi connectivity index (χ0v) is 28.2. The molecule has 5 aromatic rings. The van der Waals surface area contributed by atoms with E-state index in [0.29, 0.717) is 24.0 Å². The van der Waals surface area contributed by atoms with E-state index in [1.54, 1.807) is 30.3 Å². The molecule has 2 aliphatic rings. The van der Waals surface area contributed by atoms with E-state index in [1.165, 1.54) is 0 Å². The number of hydrogen-bond acceptors (Lipinski definition) is 3. The van der Waals surface area contributed by atoms with Gasteiger partial charge in [-0.05, 0) is 51.8 Å². The SMILES string of the molecule is OC(c1c(F)c(F)c(N=N[N-][P+]2(c3ccccc3)[CH-]C(c3ccccc3)CC2)c(F)c1F)[P+]1(c2ccccc2)[CH-]C(c2ccccc2)CC1. The van der Waals surface area contributed by atoms with Crippen LogP contribution in [-0.2, 0) is 0 Å². The molecule has 0 aliphatic carbocycles. The van der Waals surface area contributed by atoms with Gasteiger partial charge in [-0.3, -0.25) is 5.20 Å². The van der Waals surface area contributed by atoms with Crippen molar-refractivity contribution >= 4 is 31.0 Å². The number of hydrogen-bond donors (Lipinski definition) is 1. The van der Waals surface area contributed by atoms with E-state index in [9.17, 15) is 5.11 Å². The van der Waals surface area contributed by atoms with E-state index < -0.39 is 55.0 Å². The van der Waals surface area contributed by atoms with Crippen LogP contribution in [0.25, 0.3) is 5.20 Å². The molecule has 49 heavy (non-hydrogen) atoms. The third kappa shape index (κ3) is 6.31. The summed E-state index contributed by atoms with van der Waals surface area (Å²) in [6.07, 6.45) is 6.56. The van der Waals surface area contributed by atoms with Gasteiger partial charge < -0.3 is 10.2 Å². The second-order valence-electron chi connectivity index (χ2n) is 12.5. The Hall–Kier alpha value is -3.96. The molecule has 1 N–H and O–H groups in total. The summed E-state index contributed by atoms with van der Waals surface area (Å²) in [7, 11) is -5.37. The Morgan fingerprint density at radius 3 is 1.63 bits per heavy atom. The lowest BCUT2D eigenvalue weighted by atomic mass is 9.99. The van der Waals surface area contributed by atoms with Crippen molar-refractivity contribution in [2.45, 2.75) is 30.5 Å². The summed E-state index contributed by atoms with van der Waals surface area (Å²) < 4.78 is 63.4. The second kappa shape index (κ2) is 14.1. The fourth-order valence-electron chi connectivity index (χ4n) is 7.12. The molecule has 5 aromatic carbocycles. The predicted molar refractivity (Wildman–Crippen MR) is 191 cm³/mol. The molecule has 5 unspecified atom stereocenters. The molecular weight excluding hydrogens is 664 g/mol. The molecule has 0 spiro atoms. The first-order valence-electron chi connectivity index (χ1n) is 16.2. The van der Waals surface area contributed by atoms with Crippen LogP contribution in [0.4, 0.5) is 23.2 Å². The molecule has 0 aromatic heterocycles. The first-order chi connectivity index (χ1) is 23.8. The van der Waals surface area contributed by atoms with Crippen LogP contribution in [0.3, 0.4) is 0 Å². The van der Waals surface area contributed by atoms with E-state index in [1.807, 2.05) is 97.2 Å². The topological polar surface area (TPSA) is 59.1 Å². The van der Waals surface area contributed by atoms with Gasteiger partial charge in [0.15, 0.2) is 29.1 Å². The molecule has 10 heteroatoms. The Bertz CT molecular complexity index is 1910. The summed E-state index contributed by atoms with van der Waals surface area (Å²) in [6.45, 7) is 0. The Morgan fingerprint density at radius 1 is 0.612 bits per heavy atom. The van der Waals surface area contributed by atoms with Gasteiger partial charge in [-0.1, -0.05) is 108 Å². The fraction of sp³-hybridized carbons (Fsp3) is 0.179. The standard InChI is InChI=1S/C39H34F4N3OP2/c40-34-33(39(47)48(31-17-9-3-10-18-31)23-21-29(25-48)27-13-5-1-6-14-27)35(41)37(43)38(36(34)42)44-45-46-49(32-19-11-4-12-20-32)24-22-30(26-49)28-15-7-2-8-16-28/h1-20,25-26,29-30,39,47H,21-24H2/q-1. The van der Waals surface area contributed by atoms with Gasteiger partial charge in [0.25, 0.3) is 0 Å². The third-order valence-corrected chi connectivity index (χ3v) is 17.3. The lowest BCUT2D eigenvalue weighted by Crippen LogP contribution is -2.21. The number of nitrogens with zero attached hydrogens (tertiary/aromatic N) is 3. The summed E-state index contributed by atoms with van der Waals surface area (Å²) in [5.41, 5.74) is -0.134. The first kappa shape index (κ1) is 33.5. The van der Waals surface area contributed by atoms with E-state index in [4.69, 9.17) is 0 Å². The molecule has 4 nitrogen and oxygen atoms in total. The molecule has 2 heterocycles. The number of halogens is 4. The van der Waals surface area contributed by atoms with Crippen LogP contribution in [0.15, 0.2) is 132 Å². The lowest BCUT2D eigenvalue weighted by molar-refractivity contribution is 0.245. The van der Waals surface area contributed by atoms with Crippen molar-refractivity contribution in [3.8, 4) is 0 Å². The number of aliphatic hydroxyl groups excluding tert-OH is 1. The van der Waals surface area contributed by atoms with Gasteiger partial charge in [-0.2, -0.15) is 6.16 Å². The highest BCUT2D eigenvalue weighted by molar-refractivity contribution is 7.87. The van der Waals surface area contributed by atoms with Crippen LogP contribution in [-0.4, -0.2) is 17.4 Å². The Labute approximate surface area is 285 Å². The zero-order valence-electron chi connectivity index (χ0n) is 26.5. The van der Waals surface area contributed by atoms with E-state index in [-0.39, 0.29) is 11.8 Å². The highest BCUT2D eigenvalue weighted by Gasteiger charge is 2.49. The molecule has 0 saturated carbocycles. The van der Waals surface area contributed by atoms with Crippen molar-refractivity contribution in [2.75, 3.05) is 12.3 Å². The van der Waals surface area contributed by atoms with Gasteiger partial charge in [0.2, 0.25) is 0 Å². The quantitative estimate of drug-likeness (QED) is 0.0409. The number of benzene rings is 5. The highest BCUT2D eigenvalue weighted by Crippen LogP contribution is 2.77. The van der Waals surface area contributed by atoms with Crippen LogP contribution in [0.5, 0.6) is 0 Å². The normalized spacial score (nSPS) is 24.3. The maximum Gasteiger partial charge on any atom is 0.173 e. The summed E-state index contributed by atoms with van der Waals surface area (Å²) in [6, 6.07) is 38.0. The van der Waals surface area contributed by atoms with Crippen LogP contribution in [0, 0.1) is 35.6 Å². The monoisotopic (exact) mass is 698 g/mol. The third-order valence-electron chi connectivity index (χ3n) is 9.67. The van der Waals surface area contributed by atoms with Gasteiger partial charge in [0, 0.05) is 12.3 Å². The fourth-order valence-corrected chi connectivity index (χ4v) is 14.8. The minimum atomic E-state index is -2.91. The van der Waals surface area contributed by atoms with Crippen LogP contribution >= 0.6 is 14.7 Å². The summed E-state index contributed by atoms with van der Waals surface area (Å²) >= 11 is 0. The van der Waals surface area contributed by atoms with E-state index in [2.05, 4.69) is 21.7 Å². The minimum Gasteiger partial charge on any atom is -0.357 e. The molecule has 2 aliphatic heterocycles. The van der Waals surface area contributed by atoms with Crippen molar-refractivity contribution in [2.24, 2.45) is 10.3 Å². The van der Waals surface area contributed by atoms with Crippen molar-refractivity contribution in [1.29, 1.82) is 0 Å². The molecule has 0 amide bonds. The van der Waals surface area contributed by atoms with Gasteiger partial charge >= 0.3 is 0 Å². The molecule has 250 valence electrons. The van der Waals surface area contributed by atoms with Crippen molar-refractivity contribution in [1.82, 2.24) is 0 Å². The zero-order chi connectivity index (χ0) is 34.0. The Kier molecular flexibility index (Phi) is 9.66. The van der Waals surface area contributed by atoms with Crippen molar-refractivity contribution in [3.05, 3.63) is 179 Å². The summed E-state index contributed by atoms with van der Waals surface area (Å²) in [4.78, 5) is 0. The van der Waals surface area contributed by atoms with Crippen LogP contribution in [0.2, 0.25) is 0 Å². The van der Waals surface area contributed by atoms with Gasteiger partial charge in [-0.15, -0.1) is 18.0 Å². The maximum absolute atomic E-state index is 16.0. The predicted octanol–water partition coefficient (Wildman–Crippen LogP) is 10.9. The van der Waals surface area contributed by atoms with E-state index >= 15 is 17.6 Å². The second-order valence-corrected chi connectivity index (χ2v) is 19.2. The summed E-state index contributed by atoms with van der Waals surface area (Å²) in [5, 5.41) is 25.5. The van der Waals surface area contributed by atoms with Crippen molar-refractivity contribution in [3.63, 3.8) is 0 Å². The average Bonchev–Trinajstić information content (AvgIpc) is 3.81. The molecule has 5 atom stereocenters. The molecule has 7 rings (SSSR count). The lowest BCUT2D eigenvalue weighted by Gasteiger charge is -2.36. The molecule has 2 fully saturated rings. The molecule has 0 bridgehead atoms. The highest BCUT2D eigenvalue weighted by atomic mass is 31.2. The van der Waals surface area contributed by atoms with Gasteiger partial charge in [-0.25, -0.2) is 22.8 Å². The van der Waals surface area contributed by atoms with Gasteiger partial charge in [0.05, 0.1) is 21.9 Å². The maximum atomic E-state index is 16.0. The summed E-state index contributed by atoms with van der Waals surface area (Å²) in [5.74, 6) is -8.64. The minimum absolute atomic E-state index is 0.0898. The van der Waals surface area contributed by atoms with E-state index in [0.717, 1.165) is 22.9 Å². The number of rotatable bonds is 9. The molecule has 0 radical (unpaired) electrons. The molecule has 2 saturated heterocycles. The Morgan fingerprint density at radius 2 is 1.08 bits per heavy atom.